The highest BCUT2D eigenvalue weighted by Gasteiger charge is 2.12. The number of hydrogen-bond donors (Lipinski definition) is 0. The second-order valence-corrected chi connectivity index (χ2v) is 6.50. The normalized spacial score (nSPS) is 10.3. The molecule has 3 aromatic rings. The second-order valence-electron chi connectivity index (χ2n) is 5.14. The topological polar surface area (TPSA) is 89.0 Å². The van der Waals surface area contributed by atoms with Crippen molar-refractivity contribution in [3.63, 3.8) is 0 Å². The maximum Gasteiger partial charge on any atom is 0.316 e. The largest absolute Gasteiger partial charge is 0.460 e. The van der Waals surface area contributed by atoms with Crippen molar-refractivity contribution >= 4 is 29.3 Å². The lowest BCUT2D eigenvalue weighted by atomic mass is 10.2. The van der Waals surface area contributed by atoms with Crippen LogP contribution < -0.4 is 0 Å². The van der Waals surface area contributed by atoms with Gasteiger partial charge in [-0.2, -0.15) is 5.26 Å². The van der Waals surface area contributed by atoms with Crippen molar-refractivity contribution in [2.75, 3.05) is 5.75 Å². The molecule has 0 spiro atoms. The van der Waals surface area contributed by atoms with Crippen LogP contribution in [0.5, 0.6) is 0 Å². The SMILES string of the molecule is N#Cc1ccc(COC(=O)CSc2nnc(-c3ccc(Cl)cc3)o2)cc1. The first kappa shape index (κ1) is 18.0. The van der Waals surface area contributed by atoms with E-state index in [-0.39, 0.29) is 17.6 Å². The molecular formula is C18H12ClN3O3S. The Morgan fingerprint density at radius 3 is 2.58 bits per heavy atom. The van der Waals surface area contributed by atoms with E-state index in [1.54, 1.807) is 48.5 Å². The van der Waals surface area contributed by atoms with Crippen molar-refractivity contribution in [2.24, 2.45) is 0 Å². The number of rotatable bonds is 6. The lowest BCUT2D eigenvalue weighted by Gasteiger charge is -2.03. The van der Waals surface area contributed by atoms with Crippen LogP contribution >= 0.6 is 23.4 Å². The van der Waals surface area contributed by atoms with Gasteiger partial charge in [0.1, 0.15) is 12.4 Å². The molecule has 0 atom stereocenters. The summed E-state index contributed by atoms with van der Waals surface area (Å²) >= 11 is 6.95. The Hall–Kier alpha value is -2.82. The molecule has 0 saturated heterocycles. The Labute approximate surface area is 158 Å². The van der Waals surface area contributed by atoms with Crippen LogP contribution in [0.4, 0.5) is 0 Å². The molecule has 0 bridgehead atoms. The van der Waals surface area contributed by atoms with Gasteiger partial charge >= 0.3 is 5.97 Å². The summed E-state index contributed by atoms with van der Waals surface area (Å²) in [5.41, 5.74) is 2.12. The molecule has 26 heavy (non-hydrogen) atoms. The highest BCUT2D eigenvalue weighted by Crippen LogP contribution is 2.24. The highest BCUT2D eigenvalue weighted by molar-refractivity contribution is 7.99. The third kappa shape index (κ3) is 4.85. The summed E-state index contributed by atoms with van der Waals surface area (Å²) < 4.78 is 10.7. The fourth-order valence-corrected chi connectivity index (χ4v) is 2.67. The number of nitriles is 1. The predicted molar refractivity (Wildman–Crippen MR) is 96.4 cm³/mol. The van der Waals surface area contributed by atoms with Crippen LogP contribution in [-0.4, -0.2) is 21.9 Å². The van der Waals surface area contributed by atoms with Gasteiger partial charge in [0.25, 0.3) is 5.22 Å². The van der Waals surface area contributed by atoms with Gasteiger partial charge in [0.2, 0.25) is 5.89 Å². The minimum Gasteiger partial charge on any atom is -0.460 e. The van der Waals surface area contributed by atoms with E-state index >= 15 is 0 Å². The minimum atomic E-state index is -0.398. The second kappa shape index (κ2) is 8.52. The van der Waals surface area contributed by atoms with E-state index in [1.807, 2.05) is 6.07 Å². The maximum absolute atomic E-state index is 11.8. The molecule has 1 aromatic heterocycles. The quantitative estimate of drug-likeness (QED) is 0.466. The number of ether oxygens (including phenoxy) is 1. The standard InChI is InChI=1S/C18H12ClN3O3S/c19-15-7-5-14(6-8-15)17-21-22-18(25-17)26-11-16(23)24-10-13-3-1-12(9-20)2-4-13/h1-8H,10-11H2. The van der Waals surface area contributed by atoms with Crippen LogP contribution in [0.1, 0.15) is 11.1 Å². The molecule has 8 heteroatoms. The minimum absolute atomic E-state index is 0.0541. The number of thioether (sulfide) groups is 1. The Morgan fingerprint density at radius 1 is 1.15 bits per heavy atom. The first-order valence-electron chi connectivity index (χ1n) is 7.51. The Balaban J connectivity index is 1.48. The zero-order valence-electron chi connectivity index (χ0n) is 13.4. The lowest BCUT2D eigenvalue weighted by molar-refractivity contribution is -0.141. The number of esters is 1. The fourth-order valence-electron chi connectivity index (χ4n) is 1.98. The molecule has 0 saturated carbocycles. The molecule has 0 unspecified atom stereocenters. The summed E-state index contributed by atoms with van der Waals surface area (Å²) in [6, 6.07) is 15.9. The molecule has 0 radical (unpaired) electrons. The monoisotopic (exact) mass is 385 g/mol. The Bertz CT molecular complexity index is 934. The van der Waals surface area contributed by atoms with Gasteiger partial charge in [0, 0.05) is 10.6 Å². The van der Waals surface area contributed by atoms with Gasteiger partial charge in [-0.1, -0.05) is 35.5 Å². The highest BCUT2D eigenvalue weighted by atomic mass is 35.5. The van der Waals surface area contributed by atoms with E-state index in [0.717, 1.165) is 22.9 Å². The van der Waals surface area contributed by atoms with Gasteiger partial charge in [-0.3, -0.25) is 4.79 Å². The van der Waals surface area contributed by atoms with Crippen LogP contribution in [0.15, 0.2) is 58.2 Å². The van der Waals surface area contributed by atoms with Gasteiger partial charge in [0.05, 0.1) is 11.6 Å². The molecule has 2 aromatic carbocycles. The molecule has 0 amide bonds. The van der Waals surface area contributed by atoms with Crippen molar-refractivity contribution < 1.29 is 13.9 Å². The summed E-state index contributed by atoms with van der Waals surface area (Å²) in [4.78, 5) is 11.8. The van der Waals surface area contributed by atoms with Gasteiger partial charge < -0.3 is 9.15 Å². The number of aromatic nitrogens is 2. The lowest BCUT2D eigenvalue weighted by Crippen LogP contribution is -2.07. The average Bonchev–Trinajstić information content (AvgIpc) is 3.14. The van der Waals surface area contributed by atoms with Crippen molar-refractivity contribution in [3.8, 4) is 17.5 Å². The third-order valence-electron chi connectivity index (χ3n) is 3.29. The van der Waals surface area contributed by atoms with E-state index in [2.05, 4.69) is 10.2 Å². The number of carbonyl (C=O) groups is 1. The van der Waals surface area contributed by atoms with E-state index < -0.39 is 5.97 Å². The predicted octanol–water partition coefficient (Wildman–Crippen LogP) is 4.10. The van der Waals surface area contributed by atoms with E-state index in [9.17, 15) is 4.79 Å². The smallest absolute Gasteiger partial charge is 0.316 e. The molecular weight excluding hydrogens is 374 g/mol. The molecule has 0 aliphatic carbocycles. The molecule has 0 N–H and O–H groups in total. The average molecular weight is 386 g/mol. The molecule has 3 rings (SSSR count). The number of hydrogen-bond acceptors (Lipinski definition) is 7. The Kier molecular flexibility index (Phi) is 5.89. The summed E-state index contributed by atoms with van der Waals surface area (Å²) in [6.45, 7) is 0.144. The van der Waals surface area contributed by atoms with E-state index in [4.69, 9.17) is 26.0 Å². The molecule has 0 aliphatic heterocycles. The summed E-state index contributed by atoms with van der Waals surface area (Å²) in [5, 5.41) is 17.5. The summed E-state index contributed by atoms with van der Waals surface area (Å²) in [6.07, 6.45) is 0. The summed E-state index contributed by atoms with van der Waals surface area (Å²) in [5.74, 6) is 0.0131. The molecule has 1 heterocycles. The Morgan fingerprint density at radius 2 is 1.88 bits per heavy atom. The van der Waals surface area contributed by atoms with E-state index in [1.165, 1.54) is 0 Å². The number of benzene rings is 2. The summed E-state index contributed by atoms with van der Waals surface area (Å²) in [7, 11) is 0. The number of carbonyl (C=O) groups excluding carboxylic acids is 1. The molecule has 6 nitrogen and oxygen atoms in total. The van der Waals surface area contributed by atoms with Crippen molar-refractivity contribution in [1.82, 2.24) is 10.2 Å². The van der Waals surface area contributed by atoms with Crippen LogP contribution in [0.3, 0.4) is 0 Å². The zero-order valence-corrected chi connectivity index (χ0v) is 15.0. The van der Waals surface area contributed by atoms with Crippen LogP contribution in [0, 0.1) is 11.3 Å². The van der Waals surface area contributed by atoms with Crippen molar-refractivity contribution in [1.29, 1.82) is 5.26 Å². The van der Waals surface area contributed by atoms with Gasteiger partial charge in [-0.05, 0) is 42.0 Å². The van der Waals surface area contributed by atoms with Crippen LogP contribution in [0.25, 0.3) is 11.5 Å². The fraction of sp³-hybridized carbons (Fsp3) is 0.111. The van der Waals surface area contributed by atoms with Crippen LogP contribution in [-0.2, 0) is 16.1 Å². The first-order valence-corrected chi connectivity index (χ1v) is 8.87. The van der Waals surface area contributed by atoms with Crippen molar-refractivity contribution in [2.45, 2.75) is 11.8 Å². The van der Waals surface area contributed by atoms with Gasteiger partial charge in [-0.25, -0.2) is 0 Å². The maximum atomic E-state index is 11.8. The third-order valence-corrected chi connectivity index (χ3v) is 4.34. The number of nitrogens with zero attached hydrogens (tertiary/aromatic N) is 3. The number of halogens is 1. The molecule has 130 valence electrons. The zero-order chi connectivity index (χ0) is 18.4. The van der Waals surface area contributed by atoms with Crippen LogP contribution in [0.2, 0.25) is 5.02 Å². The van der Waals surface area contributed by atoms with E-state index in [0.29, 0.717) is 16.5 Å². The molecule has 0 aliphatic rings. The van der Waals surface area contributed by atoms with Crippen molar-refractivity contribution in [3.05, 3.63) is 64.7 Å². The molecule has 0 fully saturated rings. The van der Waals surface area contributed by atoms with Gasteiger partial charge in [-0.15, -0.1) is 10.2 Å². The first-order chi connectivity index (χ1) is 12.6. The van der Waals surface area contributed by atoms with Gasteiger partial charge in [0.15, 0.2) is 0 Å².